The lowest BCUT2D eigenvalue weighted by Gasteiger charge is -2.27. The summed E-state index contributed by atoms with van der Waals surface area (Å²) in [5.41, 5.74) is 2.06. The Morgan fingerprint density at radius 3 is 2.31 bits per heavy atom. The van der Waals surface area contributed by atoms with Crippen molar-refractivity contribution in [2.75, 3.05) is 9.62 Å². The molecule has 35 heavy (non-hydrogen) atoms. The van der Waals surface area contributed by atoms with Crippen LogP contribution in [0.25, 0.3) is 11.1 Å². The lowest BCUT2D eigenvalue weighted by molar-refractivity contribution is 0.102. The maximum atomic E-state index is 13.3. The van der Waals surface area contributed by atoms with Crippen molar-refractivity contribution >= 4 is 57.4 Å². The Balaban J connectivity index is 1.58. The molecule has 6 nitrogen and oxygen atoms in total. The van der Waals surface area contributed by atoms with E-state index in [0.29, 0.717) is 15.6 Å². The van der Waals surface area contributed by atoms with Crippen molar-refractivity contribution in [1.82, 2.24) is 0 Å². The van der Waals surface area contributed by atoms with Crippen molar-refractivity contribution in [3.05, 3.63) is 106 Å². The first-order valence-corrected chi connectivity index (χ1v) is 11.9. The summed E-state index contributed by atoms with van der Waals surface area (Å²) in [6.07, 6.45) is 0. The topological polar surface area (TPSA) is 92.7 Å². The van der Waals surface area contributed by atoms with E-state index in [1.165, 1.54) is 30.3 Å². The number of hydrogen-bond donors (Lipinski definition) is 2. The van der Waals surface area contributed by atoms with Gasteiger partial charge in [0.2, 0.25) is 0 Å². The van der Waals surface area contributed by atoms with Gasteiger partial charge < -0.3 is 15.0 Å². The fourth-order valence-electron chi connectivity index (χ4n) is 3.38. The second kappa shape index (κ2) is 10.5. The first-order valence-electron chi connectivity index (χ1n) is 10.1. The van der Waals surface area contributed by atoms with Crippen LogP contribution in [-0.2, 0) is 11.3 Å². The van der Waals surface area contributed by atoms with E-state index in [9.17, 15) is 23.1 Å². The molecule has 178 valence electrons. The monoisotopic (exact) mass is 529 g/mol. The second-order valence-electron chi connectivity index (χ2n) is 7.32. The molecule has 0 saturated carbocycles. The summed E-state index contributed by atoms with van der Waals surface area (Å²) in [6.45, 7) is 0. The van der Waals surface area contributed by atoms with Crippen molar-refractivity contribution < 1.29 is 23.1 Å². The molecule has 0 aliphatic heterocycles. The van der Waals surface area contributed by atoms with Gasteiger partial charge in [-0.15, -0.1) is 0 Å². The number of benzene rings is 4. The minimum atomic E-state index is -2.84. The van der Waals surface area contributed by atoms with Gasteiger partial charge in [0.1, 0.15) is 11.6 Å². The van der Waals surface area contributed by atoms with E-state index in [2.05, 4.69) is 5.32 Å². The molecule has 2 N–H and O–H groups in total. The molecule has 0 heterocycles. The number of phenols is 1. The molecule has 0 aliphatic rings. The molecule has 0 radical (unpaired) electrons. The van der Waals surface area contributed by atoms with Crippen LogP contribution in [-0.4, -0.2) is 19.8 Å². The number of nitrogens with one attached hydrogen (secondary N) is 1. The fraction of sp³-hybridized carbons (Fsp3) is 0. The highest BCUT2D eigenvalue weighted by Gasteiger charge is 2.17. The molecule has 1 unspecified atom stereocenters. The number of halogens is 3. The smallest absolute Gasteiger partial charge is 0.255 e. The van der Waals surface area contributed by atoms with Gasteiger partial charge in [0.05, 0.1) is 32.7 Å². The van der Waals surface area contributed by atoms with Gasteiger partial charge in [0.15, 0.2) is 0 Å². The number of nitrogens with zero attached hydrogens (tertiary/aromatic N) is 1. The number of rotatable bonds is 6. The highest BCUT2D eigenvalue weighted by molar-refractivity contribution is 7.81. The zero-order valence-electron chi connectivity index (χ0n) is 17.7. The predicted octanol–water partition coefficient (Wildman–Crippen LogP) is 6.69. The Kier molecular flexibility index (Phi) is 7.37. The van der Waals surface area contributed by atoms with Crippen LogP contribution in [0.3, 0.4) is 0 Å². The summed E-state index contributed by atoms with van der Waals surface area (Å²) in [5, 5.41) is 13.8. The average molecular weight is 530 g/mol. The summed E-state index contributed by atoms with van der Waals surface area (Å²) in [5.74, 6) is -1.35. The molecular weight excluding hydrogens is 514 g/mol. The quantitative estimate of drug-likeness (QED) is 0.215. The normalized spacial score (nSPS) is 11.7. The summed E-state index contributed by atoms with van der Waals surface area (Å²) < 4.78 is 37.9. The molecular formula is C25H16Cl2FN2O4S-. The standard InChI is InChI=1S/C25H17Cl2FN2O4S/c26-21-3-1-2-20(24(21)27)15-4-6-16(7-5-15)25(32)29-18-10-13-23(31)22(14-18)30(35(33)34)19-11-8-17(28)9-12-19/h1-14,31H,(H,29,32)(H,33,34)/p-1. The number of anilines is 3. The molecule has 4 rings (SSSR count). The van der Waals surface area contributed by atoms with Crippen molar-refractivity contribution in [2.24, 2.45) is 0 Å². The van der Waals surface area contributed by atoms with Crippen LogP contribution in [0.5, 0.6) is 5.75 Å². The highest BCUT2D eigenvalue weighted by atomic mass is 35.5. The second-order valence-corrected chi connectivity index (χ2v) is 8.91. The van der Waals surface area contributed by atoms with Gasteiger partial charge in [-0.1, -0.05) is 47.5 Å². The molecule has 0 aromatic heterocycles. The lowest BCUT2D eigenvalue weighted by atomic mass is 10.0. The minimum Gasteiger partial charge on any atom is -0.755 e. The van der Waals surface area contributed by atoms with Crippen LogP contribution in [0.15, 0.2) is 84.9 Å². The van der Waals surface area contributed by atoms with E-state index in [1.54, 1.807) is 36.4 Å². The van der Waals surface area contributed by atoms with Gasteiger partial charge in [-0.2, -0.15) is 0 Å². The van der Waals surface area contributed by atoms with Crippen LogP contribution < -0.4 is 9.62 Å². The Morgan fingerprint density at radius 1 is 0.971 bits per heavy atom. The predicted molar refractivity (Wildman–Crippen MR) is 135 cm³/mol. The number of aromatic hydroxyl groups is 1. The summed E-state index contributed by atoms with van der Waals surface area (Å²) in [4.78, 5) is 12.8. The molecule has 1 amide bonds. The summed E-state index contributed by atoms with van der Waals surface area (Å²) in [6, 6.07) is 20.6. The maximum Gasteiger partial charge on any atom is 0.255 e. The van der Waals surface area contributed by atoms with E-state index < -0.39 is 23.0 Å². The van der Waals surface area contributed by atoms with Gasteiger partial charge in [0, 0.05) is 16.8 Å². The molecule has 10 heteroatoms. The molecule has 0 bridgehead atoms. The van der Waals surface area contributed by atoms with Crippen molar-refractivity contribution in [2.45, 2.75) is 0 Å². The first-order chi connectivity index (χ1) is 16.7. The Bertz CT molecular complexity index is 1420. The van der Waals surface area contributed by atoms with E-state index >= 15 is 0 Å². The van der Waals surface area contributed by atoms with E-state index in [4.69, 9.17) is 23.2 Å². The Hall–Kier alpha value is -3.43. The van der Waals surface area contributed by atoms with Crippen LogP contribution >= 0.6 is 23.2 Å². The Labute approximate surface area is 213 Å². The first kappa shape index (κ1) is 24.7. The third-order valence-corrected chi connectivity index (χ3v) is 6.60. The van der Waals surface area contributed by atoms with Gasteiger partial charge >= 0.3 is 0 Å². The summed E-state index contributed by atoms with van der Waals surface area (Å²) in [7, 11) is 0. The van der Waals surface area contributed by atoms with Crippen LogP contribution in [0.1, 0.15) is 10.4 Å². The van der Waals surface area contributed by atoms with Crippen molar-refractivity contribution in [1.29, 1.82) is 0 Å². The maximum absolute atomic E-state index is 13.3. The lowest BCUT2D eigenvalue weighted by Crippen LogP contribution is -2.20. The van der Waals surface area contributed by atoms with Crippen LogP contribution in [0, 0.1) is 5.82 Å². The van der Waals surface area contributed by atoms with Gasteiger partial charge in [-0.25, -0.2) is 4.39 Å². The number of carbonyl (C=O) groups is 1. The SMILES string of the molecule is O=C(Nc1ccc(O)c(N(c2ccc(F)cc2)S(=O)[O-])c1)c1ccc(-c2cccc(Cl)c2Cl)cc1. The molecule has 1 atom stereocenters. The number of carbonyl (C=O) groups excluding carboxylic acids is 1. The van der Waals surface area contributed by atoms with E-state index in [0.717, 1.165) is 27.6 Å². The van der Waals surface area contributed by atoms with Crippen molar-refractivity contribution in [3.63, 3.8) is 0 Å². The molecule has 0 spiro atoms. The zero-order valence-corrected chi connectivity index (χ0v) is 20.1. The largest absolute Gasteiger partial charge is 0.755 e. The number of hydrogen-bond acceptors (Lipinski definition) is 4. The molecule has 0 fully saturated rings. The van der Waals surface area contributed by atoms with Crippen molar-refractivity contribution in [3.8, 4) is 16.9 Å². The van der Waals surface area contributed by atoms with Gasteiger partial charge in [-0.3, -0.25) is 13.3 Å². The average Bonchev–Trinajstić information content (AvgIpc) is 2.84. The van der Waals surface area contributed by atoms with Crippen LogP contribution in [0.4, 0.5) is 21.5 Å². The van der Waals surface area contributed by atoms with Gasteiger partial charge in [-0.05, 0) is 66.2 Å². The molecule has 4 aromatic carbocycles. The highest BCUT2D eigenvalue weighted by Crippen LogP contribution is 2.37. The molecule has 0 aliphatic carbocycles. The number of amides is 1. The minimum absolute atomic E-state index is 0.105. The number of phenolic OH excluding ortho intramolecular Hbond substituents is 1. The van der Waals surface area contributed by atoms with Gasteiger partial charge in [0.25, 0.3) is 5.91 Å². The molecule has 0 saturated heterocycles. The summed E-state index contributed by atoms with van der Waals surface area (Å²) >= 11 is 9.51. The Morgan fingerprint density at radius 2 is 1.66 bits per heavy atom. The fourth-order valence-corrected chi connectivity index (χ4v) is 4.39. The van der Waals surface area contributed by atoms with E-state index in [1.807, 2.05) is 6.07 Å². The zero-order chi connectivity index (χ0) is 25.1. The third kappa shape index (κ3) is 5.47. The van der Waals surface area contributed by atoms with Crippen LogP contribution in [0.2, 0.25) is 10.0 Å². The third-order valence-electron chi connectivity index (χ3n) is 5.07. The molecule has 4 aromatic rings. The van der Waals surface area contributed by atoms with E-state index in [-0.39, 0.29) is 22.8 Å².